The van der Waals surface area contributed by atoms with E-state index in [9.17, 15) is 13.2 Å². The summed E-state index contributed by atoms with van der Waals surface area (Å²) in [6.07, 6.45) is 2.73. The lowest BCUT2D eigenvalue weighted by atomic mass is 10.2. The average molecular weight is 223 g/mol. The molecule has 1 N–H and O–H groups in total. The van der Waals surface area contributed by atoms with E-state index in [1.165, 1.54) is 7.05 Å². The topological polar surface area (TPSA) is 74.7 Å². The summed E-state index contributed by atoms with van der Waals surface area (Å²) >= 11 is 0. The van der Waals surface area contributed by atoms with Crippen LogP contribution in [0.3, 0.4) is 0 Å². The summed E-state index contributed by atoms with van der Waals surface area (Å²) < 4.78 is 23.7. The number of hydrogen-bond acceptors (Lipinski definition) is 3. The van der Waals surface area contributed by atoms with Gasteiger partial charge < -0.3 is 5.11 Å². The van der Waals surface area contributed by atoms with E-state index in [1.807, 2.05) is 6.92 Å². The van der Waals surface area contributed by atoms with Gasteiger partial charge >= 0.3 is 5.97 Å². The van der Waals surface area contributed by atoms with Crippen LogP contribution in [0.1, 0.15) is 26.2 Å². The Morgan fingerprint density at radius 2 is 1.93 bits per heavy atom. The largest absolute Gasteiger partial charge is 0.480 e. The van der Waals surface area contributed by atoms with Crippen LogP contribution in [0.5, 0.6) is 0 Å². The lowest BCUT2D eigenvalue weighted by Gasteiger charge is -2.15. The van der Waals surface area contributed by atoms with Crippen molar-refractivity contribution in [1.29, 1.82) is 0 Å². The van der Waals surface area contributed by atoms with Gasteiger partial charge in [-0.1, -0.05) is 19.8 Å². The maximum atomic E-state index is 11.3. The third kappa shape index (κ3) is 5.18. The van der Waals surface area contributed by atoms with Crippen LogP contribution in [0.2, 0.25) is 0 Å². The second-order valence-corrected chi connectivity index (χ2v) is 5.25. The van der Waals surface area contributed by atoms with E-state index in [2.05, 4.69) is 0 Å². The molecule has 0 aliphatic heterocycles. The lowest BCUT2D eigenvalue weighted by molar-refractivity contribution is -0.134. The Bertz CT molecular complexity index is 273. The van der Waals surface area contributed by atoms with Gasteiger partial charge in [-0.3, -0.25) is 4.79 Å². The number of carbonyl (C=O) groups is 1. The molecular formula is C8H17NO4S. The van der Waals surface area contributed by atoms with Crippen molar-refractivity contribution in [3.63, 3.8) is 0 Å². The monoisotopic (exact) mass is 223 g/mol. The Balaban J connectivity index is 4.08. The highest BCUT2D eigenvalue weighted by molar-refractivity contribution is 7.89. The molecule has 0 aromatic rings. The van der Waals surface area contributed by atoms with E-state index in [4.69, 9.17) is 5.11 Å². The van der Waals surface area contributed by atoms with Crippen LogP contribution in [0.15, 0.2) is 0 Å². The zero-order valence-electron chi connectivity index (χ0n) is 8.56. The molecule has 0 rings (SSSR count). The minimum atomic E-state index is -3.61. The van der Waals surface area contributed by atoms with Crippen LogP contribution in [0.4, 0.5) is 0 Å². The minimum Gasteiger partial charge on any atom is -0.480 e. The summed E-state index contributed by atoms with van der Waals surface area (Å²) in [7, 11) is -2.20. The van der Waals surface area contributed by atoms with E-state index < -0.39 is 21.7 Å². The van der Waals surface area contributed by atoms with E-state index in [0.29, 0.717) is 6.54 Å². The number of aliphatic carboxylic acids is 1. The molecule has 5 nitrogen and oxygen atoms in total. The van der Waals surface area contributed by atoms with Gasteiger partial charge in [0.25, 0.3) is 0 Å². The van der Waals surface area contributed by atoms with Crippen LogP contribution in [0, 0.1) is 0 Å². The second kappa shape index (κ2) is 5.98. The zero-order chi connectivity index (χ0) is 11.2. The first-order chi connectivity index (χ1) is 6.40. The maximum Gasteiger partial charge on any atom is 0.320 e. The predicted molar refractivity (Wildman–Crippen MR) is 53.6 cm³/mol. The van der Waals surface area contributed by atoms with Gasteiger partial charge in [-0.2, -0.15) is 0 Å². The fourth-order valence-corrected chi connectivity index (χ4v) is 1.93. The van der Waals surface area contributed by atoms with Crippen molar-refractivity contribution in [3.8, 4) is 0 Å². The van der Waals surface area contributed by atoms with Gasteiger partial charge in [0.05, 0.1) is 0 Å². The van der Waals surface area contributed by atoms with Crippen molar-refractivity contribution >= 4 is 16.0 Å². The first-order valence-corrected chi connectivity index (χ1v) is 6.17. The Labute approximate surface area is 84.8 Å². The summed E-state index contributed by atoms with van der Waals surface area (Å²) in [5.41, 5.74) is 0. The Morgan fingerprint density at radius 1 is 1.36 bits per heavy atom. The zero-order valence-corrected chi connectivity index (χ0v) is 9.38. The molecule has 0 bridgehead atoms. The summed E-state index contributed by atoms with van der Waals surface area (Å²) in [5, 5.41) is 8.36. The molecule has 84 valence electrons. The van der Waals surface area contributed by atoms with Gasteiger partial charge in [0.15, 0.2) is 5.75 Å². The van der Waals surface area contributed by atoms with Crippen molar-refractivity contribution in [2.75, 3.05) is 19.3 Å². The lowest BCUT2D eigenvalue weighted by Crippen LogP contribution is -2.32. The third-order valence-corrected chi connectivity index (χ3v) is 3.60. The smallest absolute Gasteiger partial charge is 0.320 e. The van der Waals surface area contributed by atoms with Crippen LogP contribution >= 0.6 is 0 Å². The van der Waals surface area contributed by atoms with Gasteiger partial charge in [-0.15, -0.1) is 0 Å². The summed E-state index contributed by atoms with van der Waals surface area (Å²) in [6, 6.07) is 0. The number of carboxylic acids is 1. The number of hydrogen-bond donors (Lipinski definition) is 1. The Hall–Kier alpha value is -0.620. The highest BCUT2D eigenvalue weighted by atomic mass is 32.2. The molecule has 0 atom stereocenters. The summed E-state index contributed by atoms with van der Waals surface area (Å²) in [6.45, 7) is 2.41. The van der Waals surface area contributed by atoms with Crippen molar-refractivity contribution in [3.05, 3.63) is 0 Å². The molecule has 0 amide bonds. The van der Waals surface area contributed by atoms with Crippen molar-refractivity contribution < 1.29 is 18.3 Å². The molecule has 0 radical (unpaired) electrons. The van der Waals surface area contributed by atoms with Gasteiger partial charge in [0, 0.05) is 13.6 Å². The first-order valence-electron chi connectivity index (χ1n) is 4.56. The SMILES string of the molecule is CCCCCN(C)S(=O)(=O)CC(=O)O. The van der Waals surface area contributed by atoms with Crippen molar-refractivity contribution in [2.45, 2.75) is 26.2 Å². The molecule has 0 saturated heterocycles. The molecule has 0 aliphatic carbocycles. The van der Waals surface area contributed by atoms with Crippen molar-refractivity contribution in [1.82, 2.24) is 4.31 Å². The van der Waals surface area contributed by atoms with E-state index in [1.54, 1.807) is 0 Å². The normalized spacial score (nSPS) is 11.9. The predicted octanol–water partition coefficient (Wildman–Crippen LogP) is 0.523. The molecule has 0 heterocycles. The van der Waals surface area contributed by atoms with Crippen LogP contribution in [0.25, 0.3) is 0 Å². The minimum absolute atomic E-state index is 0.392. The van der Waals surface area contributed by atoms with Crippen LogP contribution in [-0.4, -0.2) is 43.1 Å². The number of sulfonamides is 1. The molecule has 0 aromatic heterocycles. The standard InChI is InChI=1S/C8H17NO4S/c1-3-4-5-6-9(2)14(12,13)7-8(10)11/h3-7H2,1-2H3,(H,10,11). The van der Waals surface area contributed by atoms with Gasteiger partial charge in [0.2, 0.25) is 10.0 Å². The molecule has 14 heavy (non-hydrogen) atoms. The van der Waals surface area contributed by atoms with Crippen LogP contribution < -0.4 is 0 Å². The molecule has 0 aromatic carbocycles. The Morgan fingerprint density at radius 3 is 2.36 bits per heavy atom. The molecule has 0 saturated carbocycles. The fourth-order valence-electron chi connectivity index (χ4n) is 0.990. The molecule has 0 aliphatic rings. The summed E-state index contributed by atoms with van der Waals surface area (Å²) in [5.74, 6) is -2.14. The van der Waals surface area contributed by atoms with E-state index in [0.717, 1.165) is 23.6 Å². The average Bonchev–Trinajstić information content (AvgIpc) is 2.02. The van der Waals surface area contributed by atoms with Gasteiger partial charge in [0.1, 0.15) is 0 Å². The van der Waals surface area contributed by atoms with Gasteiger partial charge in [-0.25, -0.2) is 12.7 Å². The number of unbranched alkanes of at least 4 members (excludes halogenated alkanes) is 2. The highest BCUT2D eigenvalue weighted by Crippen LogP contribution is 2.02. The molecule has 0 fully saturated rings. The number of carboxylic acid groups (broad SMARTS) is 1. The third-order valence-electron chi connectivity index (χ3n) is 1.86. The quantitative estimate of drug-likeness (QED) is 0.639. The molecule has 0 unspecified atom stereocenters. The highest BCUT2D eigenvalue weighted by Gasteiger charge is 2.20. The molecule has 6 heteroatoms. The van der Waals surface area contributed by atoms with Crippen molar-refractivity contribution in [2.24, 2.45) is 0 Å². The number of nitrogens with zero attached hydrogens (tertiary/aromatic N) is 1. The van der Waals surface area contributed by atoms with Crippen LogP contribution in [-0.2, 0) is 14.8 Å². The molecular weight excluding hydrogens is 206 g/mol. The fraction of sp³-hybridized carbons (Fsp3) is 0.875. The number of rotatable bonds is 7. The second-order valence-electron chi connectivity index (χ2n) is 3.18. The van der Waals surface area contributed by atoms with E-state index >= 15 is 0 Å². The van der Waals surface area contributed by atoms with E-state index in [-0.39, 0.29) is 0 Å². The van der Waals surface area contributed by atoms with Gasteiger partial charge in [-0.05, 0) is 6.42 Å². The summed E-state index contributed by atoms with van der Waals surface area (Å²) in [4.78, 5) is 10.2. The molecule has 0 spiro atoms. The Kier molecular flexibility index (Phi) is 5.71. The first kappa shape index (κ1) is 13.4. The maximum absolute atomic E-state index is 11.3.